The van der Waals surface area contributed by atoms with Crippen molar-refractivity contribution in [1.29, 1.82) is 0 Å². The molecule has 2 aliphatic heterocycles. The van der Waals surface area contributed by atoms with Gasteiger partial charge in [0.25, 0.3) is 0 Å². The number of rotatable bonds is 3. The van der Waals surface area contributed by atoms with Crippen LogP contribution in [-0.2, 0) is 16.0 Å². The molecule has 0 spiro atoms. The monoisotopic (exact) mass is 426 g/mol. The highest BCUT2D eigenvalue weighted by Gasteiger charge is 2.35. The SMILES string of the molecule is Cc1noc(C)c1-c1ccc2c(c1)nc([C@@H]1CCC(=O)N1C)n2C1CC[S+]([O-])CC1. The highest BCUT2D eigenvalue weighted by Crippen LogP contribution is 2.39. The van der Waals surface area contributed by atoms with Crippen molar-refractivity contribution in [3.8, 4) is 11.1 Å². The number of carbonyl (C=O) groups excluding carboxylic acids is 1. The molecule has 158 valence electrons. The van der Waals surface area contributed by atoms with Crippen molar-refractivity contribution in [1.82, 2.24) is 19.6 Å². The molecule has 3 aromatic rings. The minimum Gasteiger partial charge on any atom is -0.616 e. The highest BCUT2D eigenvalue weighted by molar-refractivity contribution is 7.91. The number of hydrogen-bond donors (Lipinski definition) is 0. The fourth-order valence-corrected chi connectivity index (χ4v) is 6.21. The summed E-state index contributed by atoms with van der Waals surface area (Å²) in [5.74, 6) is 3.36. The first kappa shape index (κ1) is 19.6. The zero-order valence-corrected chi connectivity index (χ0v) is 18.4. The molecule has 0 aliphatic carbocycles. The minimum absolute atomic E-state index is 0.0140. The molecule has 2 saturated heterocycles. The normalized spacial score (nSPS) is 24.9. The summed E-state index contributed by atoms with van der Waals surface area (Å²) >= 11 is -0.722. The van der Waals surface area contributed by atoms with Gasteiger partial charge < -0.3 is 18.5 Å². The lowest BCUT2D eigenvalue weighted by atomic mass is 10.0. The van der Waals surface area contributed by atoms with Crippen molar-refractivity contribution < 1.29 is 13.9 Å². The summed E-state index contributed by atoms with van der Waals surface area (Å²) in [6, 6.07) is 6.56. The van der Waals surface area contributed by atoms with Crippen LogP contribution in [0.3, 0.4) is 0 Å². The lowest BCUT2D eigenvalue weighted by molar-refractivity contribution is -0.127. The molecule has 5 rings (SSSR count). The molecule has 0 saturated carbocycles. The van der Waals surface area contributed by atoms with Crippen molar-refractivity contribution in [2.24, 2.45) is 0 Å². The molecular formula is C22H26N4O3S. The maximum atomic E-state index is 12.2. The summed E-state index contributed by atoms with van der Waals surface area (Å²) in [6.45, 7) is 3.87. The summed E-state index contributed by atoms with van der Waals surface area (Å²) in [5, 5.41) is 4.08. The molecule has 1 aromatic carbocycles. The molecule has 7 nitrogen and oxygen atoms in total. The van der Waals surface area contributed by atoms with Gasteiger partial charge in [-0.2, -0.15) is 0 Å². The summed E-state index contributed by atoms with van der Waals surface area (Å²) < 4.78 is 19.6. The second-order valence-electron chi connectivity index (χ2n) is 8.38. The Bertz CT molecular complexity index is 1090. The van der Waals surface area contributed by atoms with Crippen molar-refractivity contribution in [3.05, 3.63) is 35.5 Å². The van der Waals surface area contributed by atoms with Crippen LogP contribution in [0.1, 0.15) is 55.0 Å². The van der Waals surface area contributed by atoms with Gasteiger partial charge in [0.15, 0.2) is 0 Å². The van der Waals surface area contributed by atoms with E-state index in [1.807, 2.05) is 25.8 Å². The first-order chi connectivity index (χ1) is 14.4. The van der Waals surface area contributed by atoms with Gasteiger partial charge in [-0.3, -0.25) is 4.79 Å². The van der Waals surface area contributed by atoms with Gasteiger partial charge in [-0.25, -0.2) is 4.98 Å². The predicted molar refractivity (Wildman–Crippen MR) is 116 cm³/mol. The summed E-state index contributed by atoms with van der Waals surface area (Å²) in [6.07, 6.45) is 3.10. The zero-order valence-electron chi connectivity index (χ0n) is 17.6. The number of nitrogens with zero attached hydrogens (tertiary/aromatic N) is 4. The van der Waals surface area contributed by atoms with Gasteiger partial charge in [-0.1, -0.05) is 22.4 Å². The molecule has 2 aliphatic rings. The Morgan fingerprint density at radius 1 is 1.20 bits per heavy atom. The van der Waals surface area contributed by atoms with Crippen LogP contribution < -0.4 is 0 Å². The van der Waals surface area contributed by atoms with Gasteiger partial charge in [0.2, 0.25) is 5.91 Å². The summed E-state index contributed by atoms with van der Waals surface area (Å²) in [7, 11) is 1.87. The Morgan fingerprint density at radius 3 is 2.60 bits per heavy atom. The van der Waals surface area contributed by atoms with E-state index in [9.17, 15) is 9.35 Å². The van der Waals surface area contributed by atoms with Crippen LogP contribution >= 0.6 is 0 Å². The number of fused-ring (bicyclic) bond motifs is 1. The van der Waals surface area contributed by atoms with E-state index < -0.39 is 11.2 Å². The fourth-order valence-electron chi connectivity index (χ4n) is 4.93. The highest BCUT2D eigenvalue weighted by atomic mass is 32.2. The molecule has 4 heterocycles. The molecule has 0 unspecified atom stereocenters. The third-order valence-corrected chi connectivity index (χ3v) is 7.93. The van der Waals surface area contributed by atoms with E-state index in [2.05, 4.69) is 27.9 Å². The third-order valence-electron chi connectivity index (χ3n) is 6.55. The van der Waals surface area contributed by atoms with E-state index in [1.54, 1.807) is 0 Å². The zero-order chi connectivity index (χ0) is 21.0. The maximum Gasteiger partial charge on any atom is 0.223 e. The van der Waals surface area contributed by atoms with Crippen LogP contribution in [0.15, 0.2) is 22.7 Å². The Balaban J connectivity index is 1.65. The number of aromatic nitrogens is 3. The lowest BCUT2D eigenvalue weighted by Gasteiger charge is -2.29. The van der Waals surface area contributed by atoms with Crippen molar-refractivity contribution in [3.63, 3.8) is 0 Å². The Kier molecular flexibility index (Phi) is 4.86. The number of hydrogen-bond acceptors (Lipinski definition) is 5. The second-order valence-corrected chi connectivity index (χ2v) is 10.1. The van der Waals surface area contributed by atoms with E-state index in [-0.39, 0.29) is 18.0 Å². The number of carbonyl (C=O) groups is 1. The largest absolute Gasteiger partial charge is 0.616 e. The average Bonchev–Trinajstić information content (AvgIpc) is 3.37. The second kappa shape index (κ2) is 7.42. The van der Waals surface area contributed by atoms with Crippen molar-refractivity contribution in [2.75, 3.05) is 18.6 Å². The molecule has 1 amide bonds. The van der Waals surface area contributed by atoms with E-state index >= 15 is 0 Å². The van der Waals surface area contributed by atoms with Crippen molar-refractivity contribution >= 4 is 28.1 Å². The van der Waals surface area contributed by atoms with Crippen LogP contribution in [0.2, 0.25) is 0 Å². The number of likely N-dealkylation sites (tertiary alicyclic amines) is 1. The van der Waals surface area contributed by atoms with Crippen LogP contribution in [0.4, 0.5) is 0 Å². The van der Waals surface area contributed by atoms with Gasteiger partial charge in [0.1, 0.15) is 23.1 Å². The van der Waals surface area contributed by atoms with Crippen LogP contribution in [0, 0.1) is 13.8 Å². The van der Waals surface area contributed by atoms with Gasteiger partial charge in [0, 0.05) is 37.9 Å². The van der Waals surface area contributed by atoms with E-state index in [0.717, 1.165) is 70.2 Å². The topological polar surface area (TPSA) is 87.2 Å². The Labute approximate surface area is 178 Å². The molecule has 2 fully saturated rings. The lowest BCUT2D eigenvalue weighted by Crippen LogP contribution is -2.29. The number of amides is 1. The summed E-state index contributed by atoms with van der Waals surface area (Å²) in [4.78, 5) is 19.1. The van der Waals surface area contributed by atoms with E-state index in [0.29, 0.717) is 6.42 Å². The summed E-state index contributed by atoms with van der Waals surface area (Å²) in [5.41, 5.74) is 4.90. The third kappa shape index (κ3) is 3.13. The molecule has 30 heavy (non-hydrogen) atoms. The molecule has 0 N–H and O–H groups in total. The standard InChI is InChI=1S/C22H26N4O3S/c1-13-21(14(2)29-24-13)15-4-5-18-17(12-15)23-22(19-6-7-20(27)25(19)3)26(18)16-8-10-30(28)11-9-16/h4-5,12,16,19H,6-11H2,1-3H3/t16?,19-,30?/m0/s1. The fraction of sp³-hybridized carbons (Fsp3) is 0.500. The minimum atomic E-state index is -0.722. The Morgan fingerprint density at radius 2 is 1.97 bits per heavy atom. The molecule has 2 aromatic heterocycles. The first-order valence-electron chi connectivity index (χ1n) is 10.5. The van der Waals surface area contributed by atoms with Crippen molar-refractivity contribution in [2.45, 2.75) is 51.6 Å². The smallest absolute Gasteiger partial charge is 0.223 e. The van der Waals surface area contributed by atoms with Gasteiger partial charge in [-0.05, 0) is 38.0 Å². The predicted octanol–water partition coefficient (Wildman–Crippen LogP) is 3.69. The van der Waals surface area contributed by atoms with Crippen LogP contribution in [-0.4, -0.2) is 48.6 Å². The average molecular weight is 427 g/mol. The number of imidazole rings is 1. The van der Waals surface area contributed by atoms with E-state index in [1.165, 1.54) is 0 Å². The van der Waals surface area contributed by atoms with Gasteiger partial charge >= 0.3 is 0 Å². The number of aryl methyl sites for hydroxylation is 2. The van der Waals surface area contributed by atoms with Gasteiger partial charge in [0.05, 0.1) is 22.8 Å². The van der Waals surface area contributed by atoms with Crippen LogP contribution in [0.5, 0.6) is 0 Å². The first-order valence-corrected chi connectivity index (χ1v) is 12.0. The molecule has 8 heteroatoms. The van der Waals surface area contributed by atoms with E-state index in [4.69, 9.17) is 9.51 Å². The molecule has 0 bridgehead atoms. The number of benzene rings is 1. The molecular weight excluding hydrogens is 400 g/mol. The maximum absolute atomic E-state index is 12.2. The molecule has 0 radical (unpaired) electrons. The van der Waals surface area contributed by atoms with Gasteiger partial charge in [-0.15, -0.1) is 0 Å². The molecule has 1 atom stereocenters. The Hall–Kier alpha value is -2.32. The quantitative estimate of drug-likeness (QED) is 0.596. The van der Waals surface area contributed by atoms with Crippen LogP contribution in [0.25, 0.3) is 22.2 Å².